The van der Waals surface area contributed by atoms with Gasteiger partial charge in [0.25, 0.3) is 0 Å². The van der Waals surface area contributed by atoms with Crippen molar-refractivity contribution < 1.29 is 4.79 Å². The molecule has 0 bridgehead atoms. The Morgan fingerprint density at radius 1 is 1.32 bits per heavy atom. The normalized spacial score (nSPS) is 26.5. The van der Waals surface area contributed by atoms with Crippen LogP contribution in [0.25, 0.3) is 0 Å². The van der Waals surface area contributed by atoms with Gasteiger partial charge in [0.15, 0.2) is 0 Å². The SMILES string of the molecule is O=C(CCNC1CC1)NC1CCCC1n1ccnc1. The number of imidazole rings is 1. The van der Waals surface area contributed by atoms with Gasteiger partial charge in [0.1, 0.15) is 0 Å². The van der Waals surface area contributed by atoms with Gasteiger partial charge in [-0.25, -0.2) is 4.98 Å². The van der Waals surface area contributed by atoms with Gasteiger partial charge >= 0.3 is 0 Å². The van der Waals surface area contributed by atoms with E-state index < -0.39 is 0 Å². The van der Waals surface area contributed by atoms with Crippen LogP contribution < -0.4 is 10.6 Å². The zero-order chi connectivity index (χ0) is 13.1. The predicted octanol–water partition coefficient (Wildman–Crippen LogP) is 1.23. The van der Waals surface area contributed by atoms with Crippen molar-refractivity contribution in [1.29, 1.82) is 0 Å². The molecule has 1 heterocycles. The lowest BCUT2D eigenvalue weighted by Gasteiger charge is -2.22. The summed E-state index contributed by atoms with van der Waals surface area (Å²) in [5.41, 5.74) is 0. The Bertz CT molecular complexity index is 413. The maximum atomic E-state index is 11.9. The van der Waals surface area contributed by atoms with E-state index in [0.717, 1.165) is 19.4 Å². The van der Waals surface area contributed by atoms with Crippen LogP contribution in [0.15, 0.2) is 18.7 Å². The molecule has 2 saturated carbocycles. The largest absolute Gasteiger partial charge is 0.351 e. The zero-order valence-corrected chi connectivity index (χ0v) is 11.2. The molecule has 0 aromatic carbocycles. The van der Waals surface area contributed by atoms with Crippen LogP contribution in [0.5, 0.6) is 0 Å². The molecule has 2 N–H and O–H groups in total. The summed E-state index contributed by atoms with van der Waals surface area (Å²) >= 11 is 0. The highest BCUT2D eigenvalue weighted by atomic mass is 16.1. The topological polar surface area (TPSA) is 59.0 Å². The monoisotopic (exact) mass is 262 g/mol. The van der Waals surface area contributed by atoms with Crippen LogP contribution in [0.3, 0.4) is 0 Å². The van der Waals surface area contributed by atoms with Crippen molar-refractivity contribution >= 4 is 5.91 Å². The molecule has 5 nitrogen and oxygen atoms in total. The van der Waals surface area contributed by atoms with E-state index in [1.165, 1.54) is 19.3 Å². The van der Waals surface area contributed by atoms with Crippen molar-refractivity contribution in [2.45, 2.75) is 56.7 Å². The fraction of sp³-hybridized carbons (Fsp3) is 0.714. The van der Waals surface area contributed by atoms with Gasteiger partial charge in [-0.2, -0.15) is 0 Å². The van der Waals surface area contributed by atoms with Crippen LogP contribution in [0.4, 0.5) is 0 Å². The van der Waals surface area contributed by atoms with Gasteiger partial charge in [-0.05, 0) is 32.1 Å². The first kappa shape index (κ1) is 12.7. The van der Waals surface area contributed by atoms with Crippen LogP contribution in [0.2, 0.25) is 0 Å². The van der Waals surface area contributed by atoms with Gasteiger partial charge in [-0.3, -0.25) is 4.79 Å². The maximum absolute atomic E-state index is 11.9. The van der Waals surface area contributed by atoms with E-state index in [2.05, 4.69) is 20.2 Å². The lowest BCUT2D eigenvalue weighted by atomic mass is 10.1. The van der Waals surface area contributed by atoms with Gasteiger partial charge in [-0.1, -0.05) is 0 Å². The summed E-state index contributed by atoms with van der Waals surface area (Å²) in [6.07, 6.45) is 12.1. The lowest BCUT2D eigenvalue weighted by Crippen LogP contribution is -2.39. The van der Waals surface area contributed by atoms with Crippen molar-refractivity contribution in [2.24, 2.45) is 0 Å². The molecule has 1 aromatic rings. The number of nitrogens with one attached hydrogen (secondary N) is 2. The number of rotatable bonds is 6. The molecule has 5 heteroatoms. The molecular formula is C14H22N4O. The standard InChI is InChI=1S/C14H22N4O/c19-14(6-7-16-11-4-5-11)17-12-2-1-3-13(12)18-9-8-15-10-18/h8-13,16H,1-7H2,(H,17,19). The first-order valence-corrected chi connectivity index (χ1v) is 7.33. The molecule has 1 aromatic heterocycles. The van der Waals surface area contributed by atoms with E-state index in [1.54, 1.807) is 6.20 Å². The molecule has 2 atom stereocenters. The van der Waals surface area contributed by atoms with E-state index in [0.29, 0.717) is 18.5 Å². The van der Waals surface area contributed by atoms with Crippen molar-refractivity contribution in [1.82, 2.24) is 20.2 Å². The van der Waals surface area contributed by atoms with Gasteiger partial charge in [0.2, 0.25) is 5.91 Å². The second-order valence-electron chi connectivity index (χ2n) is 5.66. The summed E-state index contributed by atoms with van der Waals surface area (Å²) in [6.45, 7) is 0.805. The van der Waals surface area contributed by atoms with Crippen molar-refractivity contribution in [2.75, 3.05) is 6.54 Å². The first-order valence-electron chi connectivity index (χ1n) is 7.33. The van der Waals surface area contributed by atoms with Crippen molar-refractivity contribution in [3.8, 4) is 0 Å². The van der Waals surface area contributed by atoms with E-state index >= 15 is 0 Å². The number of carbonyl (C=O) groups is 1. The molecule has 2 aliphatic carbocycles. The molecule has 2 unspecified atom stereocenters. The van der Waals surface area contributed by atoms with Crippen LogP contribution in [0, 0.1) is 0 Å². The summed E-state index contributed by atoms with van der Waals surface area (Å²) in [6, 6.07) is 1.32. The molecule has 0 saturated heterocycles. The number of carbonyl (C=O) groups excluding carboxylic acids is 1. The van der Waals surface area contributed by atoms with E-state index in [9.17, 15) is 4.79 Å². The highest BCUT2D eigenvalue weighted by molar-refractivity contribution is 5.76. The van der Waals surface area contributed by atoms with E-state index in [1.807, 2.05) is 12.5 Å². The molecular weight excluding hydrogens is 240 g/mol. The Hall–Kier alpha value is -1.36. The van der Waals surface area contributed by atoms with Crippen LogP contribution in [-0.4, -0.2) is 34.1 Å². The molecule has 19 heavy (non-hydrogen) atoms. The molecule has 2 aliphatic rings. The number of nitrogens with zero attached hydrogens (tertiary/aromatic N) is 2. The third-order valence-corrected chi connectivity index (χ3v) is 4.10. The minimum atomic E-state index is 0.171. The van der Waals surface area contributed by atoms with E-state index in [-0.39, 0.29) is 11.9 Å². The number of hydrogen-bond acceptors (Lipinski definition) is 3. The van der Waals surface area contributed by atoms with Crippen molar-refractivity contribution in [3.05, 3.63) is 18.7 Å². The summed E-state index contributed by atoms with van der Waals surface area (Å²) in [7, 11) is 0. The minimum Gasteiger partial charge on any atom is -0.351 e. The van der Waals surface area contributed by atoms with Gasteiger partial charge < -0.3 is 15.2 Å². The Balaban J connectivity index is 1.46. The highest BCUT2D eigenvalue weighted by Gasteiger charge is 2.29. The van der Waals surface area contributed by atoms with Crippen LogP contribution in [-0.2, 0) is 4.79 Å². The Morgan fingerprint density at radius 3 is 2.95 bits per heavy atom. The summed E-state index contributed by atoms with van der Waals surface area (Å²) < 4.78 is 2.13. The smallest absolute Gasteiger partial charge is 0.221 e. The molecule has 0 radical (unpaired) electrons. The van der Waals surface area contributed by atoms with Gasteiger partial charge in [0, 0.05) is 37.4 Å². The fourth-order valence-corrected chi connectivity index (χ4v) is 2.89. The average Bonchev–Trinajstić information content (AvgIpc) is 2.90. The first-order chi connectivity index (χ1) is 9.33. The second kappa shape index (κ2) is 5.74. The highest BCUT2D eigenvalue weighted by Crippen LogP contribution is 2.29. The number of hydrogen-bond donors (Lipinski definition) is 2. The second-order valence-corrected chi connectivity index (χ2v) is 5.66. The predicted molar refractivity (Wildman–Crippen MR) is 72.7 cm³/mol. The van der Waals surface area contributed by atoms with Gasteiger partial charge in [-0.15, -0.1) is 0 Å². The maximum Gasteiger partial charge on any atom is 0.221 e. The summed E-state index contributed by atoms with van der Waals surface area (Å²) in [4.78, 5) is 16.0. The summed E-state index contributed by atoms with van der Waals surface area (Å²) in [5.74, 6) is 0.171. The molecule has 3 rings (SSSR count). The number of amides is 1. The van der Waals surface area contributed by atoms with Crippen LogP contribution in [0.1, 0.15) is 44.6 Å². The fourth-order valence-electron chi connectivity index (χ4n) is 2.89. The van der Waals surface area contributed by atoms with Crippen molar-refractivity contribution in [3.63, 3.8) is 0 Å². The number of aromatic nitrogens is 2. The Kier molecular flexibility index (Phi) is 3.82. The molecule has 0 spiro atoms. The van der Waals surface area contributed by atoms with E-state index in [4.69, 9.17) is 0 Å². The molecule has 1 amide bonds. The van der Waals surface area contributed by atoms with Crippen LogP contribution >= 0.6 is 0 Å². The molecule has 0 aliphatic heterocycles. The Morgan fingerprint density at radius 2 is 2.21 bits per heavy atom. The minimum absolute atomic E-state index is 0.171. The zero-order valence-electron chi connectivity index (χ0n) is 11.2. The summed E-state index contributed by atoms with van der Waals surface area (Å²) in [5, 5.41) is 6.56. The van der Waals surface area contributed by atoms with Gasteiger partial charge in [0.05, 0.1) is 12.4 Å². The molecule has 2 fully saturated rings. The Labute approximate surface area is 113 Å². The lowest BCUT2D eigenvalue weighted by molar-refractivity contribution is -0.121. The third kappa shape index (κ3) is 3.35. The average molecular weight is 262 g/mol. The molecule has 104 valence electrons. The third-order valence-electron chi connectivity index (χ3n) is 4.10. The quantitative estimate of drug-likeness (QED) is 0.811.